The summed E-state index contributed by atoms with van der Waals surface area (Å²) < 4.78 is 0.878. The highest BCUT2D eigenvalue weighted by Gasteiger charge is 2.25. The van der Waals surface area contributed by atoms with Crippen molar-refractivity contribution >= 4 is 21.8 Å². The van der Waals surface area contributed by atoms with Gasteiger partial charge in [0.25, 0.3) is 5.91 Å². The molecular formula is C10H14BrN3O. The van der Waals surface area contributed by atoms with Gasteiger partial charge in [0.1, 0.15) is 5.69 Å². The van der Waals surface area contributed by atoms with Crippen molar-refractivity contribution in [3.8, 4) is 0 Å². The molecule has 1 saturated carbocycles. The van der Waals surface area contributed by atoms with Crippen LogP contribution in [0.2, 0.25) is 0 Å². The molecule has 1 aromatic rings. The zero-order valence-corrected chi connectivity index (χ0v) is 9.88. The summed E-state index contributed by atoms with van der Waals surface area (Å²) in [6.07, 6.45) is 4.82. The van der Waals surface area contributed by atoms with Crippen molar-refractivity contribution in [3.05, 3.63) is 22.4 Å². The molecule has 0 radical (unpaired) electrons. The van der Waals surface area contributed by atoms with Gasteiger partial charge in [-0.1, -0.05) is 0 Å². The first-order valence-corrected chi connectivity index (χ1v) is 5.86. The van der Waals surface area contributed by atoms with Crippen molar-refractivity contribution in [2.75, 3.05) is 0 Å². The minimum absolute atomic E-state index is 0.0805. The number of rotatable bonds is 2. The van der Waals surface area contributed by atoms with Gasteiger partial charge in [-0.15, -0.1) is 0 Å². The molecule has 2 unspecified atom stereocenters. The number of aromatic amines is 1. The van der Waals surface area contributed by atoms with Crippen LogP contribution in [0.1, 0.15) is 29.8 Å². The Morgan fingerprint density at radius 3 is 2.93 bits per heavy atom. The molecule has 15 heavy (non-hydrogen) atoms. The van der Waals surface area contributed by atoms with Crippen molar-refractivity contribution in [1.29, 1.82) is 0 Å². The van der Waals surface area contributed by atoms with Gasteiger partial charge in [0, 0.05) is 22.8 Å². The van der Waals surface area contributed by atoms with Crippen LogP contribution >= 0.6 is 15.9 Å². The molecule has 1 aromatic heterocycles. The van der Waals surface area contributed by atoms with Crippen molar-refractivity contribution in [2.24, 2.45) is 5.73 Å². The lowest BCUT2D eigenvalue weighted by atomic mass is 10.2. The Kier molecular flexibility index (Phi) is 3.11. The molecule has 1 aliphatic rings. The maximum atomic E-state index is 11.7. The van der Waals surface area contributed by atoms with Crippen LogP contribution in [0.15, 0.2) is 16.7 Å². The van der Waals surface area contributed by atoms with E-state index in [1.54, 1.807) is 12.3 Å². The fourth-order valence-corrected chi connectivity index (χ4v) is 2.26. The van der Waals surface area contributed by atoms with Gasteiger partial charge in [-0.05, 0) is 41.3 Å². The van der Waals surface area contributed by atoms with E-state index in [9.17, 15) is 4.79 Å². The quantitative estimate of drug-likeness (QED) is 0.761. The van der Waals surface area contributed by atoms with Crippen LogP contribution in [0.4, 0.5) is 0 Å². The van der Waals surface area contributed by atoms with E-state index < -0.39 is 0 Å². The third-order valence-corrected chi connectivity index (χ3v) is 3.24. The molecule has 0 spiro atoms. The van der Waals surface area contributed by atoms with E-state index in [4.69, 9.17) is 5.73 Å². The van der Waals surface area contributed by atoms with E-state index in [1.165, 1.54) is 0 Å². The summed E-state index contributed by atoms with van der Waals surface area (Å²) in [4.78, 5) is 14.6. The Labute approximate surface area is 96.7 Å². The molecular weight excluding hydrogens is 258 g/mol. The maximum absolute atomic E-state index is 11.7. The number of hydrogen-bond donors (Lipinski definition) is 3. The average molecular weight is 272 g/mol. The minimum Gasteiger partial charge on any atom is -0.356 e. The smallest absolute Gasteiger partial charge is 0.268 e. The van der Waals surface area contributed by atoms with Crippen molar-refractivity contribution in [1.82, 2.24) is 10.3 Å². The molecule has 0 aliphatic heterocycles. The van der Waals surface area contributed by atoms with Gasteiger partial charge in [0.15, 0.2) is 0 Å². The first kappa shape index (κ1) is 10.7. The molecule has 5 heteroatoms. The predicted molar refractivity (Wildman–Crippen MR) is 61.6 cm³/mol. The first-order chi connectivity index (χ1) is 7.16. The predicted octanol–water partition coefficient (Wildman–Crippen LogP) is 1.39. The van der Waals surface area contributed by atoms with Crippen molar-refractivity contribution in [3.63, 3.8) is 0 Å². The second-order valence-corrected chi connectivity index (χ2v) is 4.82. The second kappa shape index (κ2) is 4.37. The number of amides is 1. The molecule has 2 rings (SSSR count). The summed E-state index contributed by atoms with van der Waals surface area (Å²) in [7, 11) is 0. The summed E-state index contributed by atoms with van der Waals surface area (Å²) in [5.41, 5.74) is 6.45. The van der Waals surface area contributed by atoms with Crippen LogP contribution in [-0.2, 0) is 0 Å². The van der Waals surface area contributed by atoms with Crippen LogP contribution in [-0.4, -0.2) is 23.0 Å². The molecule has 1 heterocycles. The first-order valence-electron chi connectivity index (χ1n) is 5.07. The standard InChI is InChI=1S/C10H14BrN3O/c11-6-4-9(13-5-6)10(15)14-8-3-1-2-7(8)12/h4-5,7-8,13H,1-3,12H2,(H,14,15). The lowest BCUT2D eigenvalue weighted by Crippen LogP contribution is -2.44. The Hall–Kier alpha value is -0.810. The van der Waals surface area contributed by atoms with E-state index in [1.807, 2.05) is 0 Å². The fraction of sp³-hybridized carbons (Fsp3) is 0.500. The van der Waals surface area contributed by atoms with Crippen LogP contribution in [0.5, 0.6) is 0 Å². The van der Waals surface area contributed by atoms with E-state index in [2.05, 4.69) is 26.2 Å². The van der Waals surface area contributed by atoms with Crippen molar-refractivity contribution in [2.45, 2.75) is 31.3 Å². The van der Waals surface area contributed by atoms with Gasteiger partial charge in [0.05, 0.1) is 0 Å². The highest BCUT2D eigenvalue weighted by Crippen LogP contribution is 2.18. The van der Waals surface area contributed by atoms with Crippen LogP contribution in [0, 0.1) is 0 Å². The molecule has 2 atom stereocenters. The van der Waals surface area contributed by atoms with E-state index >= 15 is 0 Å². The SMILES string of the molecule is NC1CCCC1NC(=O)c1cc(Br)c[nH]1. The number of H-pyrrole nitrogens is 1. The Balaban J connectivity index is 1.97. The fourth-order valence-electron chi connectivity index (χ4n) is 1.91. The van der Waals surface area contributed by atoms with Gasteiger partial charge in [-0.3, -0.25) is 4.79 Å². The van der Waals surface area contributed by atoms with Gasteiger partial charge < -0.3 is 16.0 Å². The van der Waals surface area contributed by atoms with E-state index in [0.717, 1.165) is 23.7 Å². The normalized spacial score (nSPS) is 25.5. The monoisotopic (exact) mass is 271 g/mol. The van der Waals surface area contributed by atoms with Crippen LogP contribution in [0.25, 0.3) is 0 Å². The highest BCUT2D eigenvalue weighted by atomic mass is 79.9. The van der Waals surface area contributed by atoms with Crippen molar-refractivity contribution < 1.29 is 4.79 Å². The van der Waals surface area contributed by atoms with E-state index in [0.29, 0.717) is 5.69 Å². The Bertz CT molecular complexity index is 363. The summed E-state index contributed by atoms with van der Waals surface area (Å²) in [6, 6.07) is 1.99. The molecule has 0 bridgehead atoms. The van der Waals surface area contributed by atoms with Crippen LogP contribution < -0.4 is 11.1 Å². The third-order valence-electron chi connectivity index (χ3n) is 2.78. The number of nitrogens with one attached hydrogen (secondary N) is 2. The minimum atomic E-state index is -0.0805. The van der Waals surface area contributed by atoms with E-state index in [-0.39, 0.29) is 18.0 Å². The van der Waals surface area contributed by atoms with Gasteiger partial charge >= 0.3 is 0 Å². The zero-order chi connectivity index (χ0) is 10.8. The summed E-state index contributed by atoms with van der Waals surface area (Å²) >= 11 is 3.29. The number of carbonyl (C=O) groups excluding carboxylic acids is 1. The summed E-state index contributed by atoms with van der Waals surface area (Å²) in [5, 5.41) is 2.94. The van der Waals surface area contributed by atoms with Crippen LogP contribution in [0.3, 0.4) is 0 Å². The lowest BCUT2D eigenvalue weighted by molar-refractivity contribution is 0.0930. The number of carbonyl (C=O) groups is 1. The van der Waals surface area contributed by atoms with Gasteiger partial charge in [-0.2, -0.15) is 0 Å². The summed E-state index contributed by atoms with van der Waals surface area (Å²) in [5.74, 6) is -0.0805. The molecule has 1 fully saturated rings. The average Bonchev–Trinajstić information content (AvgIpc) is 2.77. The second-order valence-electron chi connectivity index (χ2n) is 3.91. The zero-order valence-electron chi connectivity index (χ0n) is 8.29. The Morgan fingerprint density at radius 2 is 2.40 bits per heavy atom. The summed E-state index contributed by atoms with van der Waals surface area (Å²) in [6.45, 7) is 0. The molecule has 82 valence electrons. The molecule has 0 saturated heterocycles. The lowest BCUT2D eigenvalue weighted by Gasteiger charge is -2.16. The Morgan fingerprint density at radius 1 is 1.60 bits per heavy atom. The van der Waals surface area contributed by atoms with Gasteiger partial charge in [0.2, 0.25) is 0 Å². The third kappa shape index (κ3) is 2.41. The number of nitrogens with two attached hydrogens (primary N) is 1. The topological polar surface area (TPSA) is 70.9 Å². The number of aromatic nitrogens is 1. The largest absolute Gasteiger partial charge is 0.356 e. The number of hydrogen-bond acceptors (Lipinski definition) is 2. The highest BCUT2D eigenvalue weighted by molar-refractivity contribution is 9.10. The molecule has 0 aromatic carbocycles. The molecule has 4 nitrogen and oxygen atoms in total. The molecule has 4 N–H and O–H groups in total. The van der Waals surface area contributed by atoms with Gasteiger partial charge in [-0.25, -0.2) is 0 Å². The molecule has 1 aliphatic carbocycles. The maximum Gasteiger partial charge on any atom is 0.268 e. The number of halogens is 1. The molecule has 1 amide bonds.